The van der Waals surface area contributed by atoms with E-state index in [0.29, 0.717) is 15.7 Å². The monoisotopic (exact) mass is 427 g/mol. The number of hydrogen-bond acceptors (Lipinski definition) is 3. The average molecular weight is 428 g/mol. The lowest BCUT2D eigenvalue weighted by Crippen LogP contribution is -2.29. The van der Waals surface area contributed by atoms with E-state index in [0.717, 1.165) is 24.8 Å². The molecule has 4 nitrogen and oxygen atoms in total. The Labute approximate surface area is 181 Å². The Morgan fingerprint density at radius 1 is 1.14 bits per heavy atom. The summed E-state index contributed by atoms with van der Waals surface area (Å²) >= 11 is 11.9. The van der Waals surface area contributed by atoms with Crippen molar-refractivity contribution in [3.05, 3.63) is 74.9 Å². The molecule has 1 amide bonds. The summed E-state index contributed by atoms with van der Waals surface area (Å²) in [4.78, 5) is 12.7. The van der Waals surface area contributed by atoms with Crippen molar-refractivity contribution in [1.82, 2.24) is 5.32 Å². The molecule has 1 aliphatic carbocycles. The number of halogens is 2. The van der Waals surface area contributed by atoms with Gasteiger partial charge < -0.3 is 10.6 Å². The predicted molar refractivity (Wildman–Crippen MR) is 118 cm³/mol. The van der Waals surface area contributed by atoms with Crippen LogP contribution in [-0.4, -0.2) is 5.91 Å². The number of hydrogen-bond donors (Lipinski definition) is 2. The minimum absolute atomic E-state index is 0.00696. The van der Waals surface area contributed by atoms with Gasteiger partial charge in [-0.2, -0.15) is 5.26 Å². The van der Waals surface area contributed by atoms with Gasteiger partial charge in [-0.15, -0.1) is 0 Å². The van der Waals surface area contributed by atoms with E-state index in [-0.39, 0.29) is 11.6 Å². The summed E-state index contributed by atoms with van der Waals surface area (Å²) < 4.78 is 0. The van der Waals surface area contributed by atoms with Crippen LogP contribution in [0.4, 0.5) is 5.69 Å². The van der Waals surface area contributed by atoms with Gasteiger partial charge in [-0.3, -0.25) is 4.79 Å². The van der Waals surface area contributed by atoms with E-state index in [2.05, 4.69) is 28.8 Å². The van der Waals surface area contributed by atoms with Crippen LogP contribution in [0.3, 0.4) is 0 Å². The summed E-state index contributed by atoms with van der Waals surface area (Å²) in [6.07, 6.45) is 6.78. The van der Waals surface area contributed by atoms with E-state index in [1.54, 1.807) is 18.2 Å². The zero-order chi connectivity index (χ0) is 20.8. The van der Waals surface area contributed by atoms with Crippen LogP contribution in [0, 0.1) is 11.3 Å². The maximum absolute atomic E-state index is 12.7. The van der Waals surface area contributed by atoms with Crippen LogP contribution in [0.5, 0.6) is 0 Å². The number of anilines is 1. The van der Waals surface area contributed by atoms with Gasteiger partial charge in [-0.1, -0.05) is 48.3 Å². The summed E-state index contributed by atoms with van der Waals surface area (Å²) in [5, 5.41) is 16.2. The molecule has 150 valence electrons. The van der Waals surface area contributed by atoms with Gasteiger partial charge in [-0.25, -0.2) is 0 Å². The molecule has 0 heterocycles. The third kappa shape index (κ3) is 5.32. The molecule has 0 saturated carbocycles. The molecular weight excluding hydrogens is 405 g/mol. The molecule has 0 aromatic heterocycles. The van der Waals surface area contributed by atoms with Gasteiger partial charge in [-0.05, 0) is 67.0 Å². The first-order chi connectivity index (χ1) is 14.0. The van der Waals surface area contributed by atoms with Crippen LogP contribution in [-0.2, 0) is 17.6 Å². The zero-order valence-corrected chi connectivity index (χ0v) is 17.8. The first kappa shape index (κ1) is 21.2. The maximum atomic E-state index is 12.7. The van der Waals surface area contributed by atoms with E-state index in [1.165, 1.54) is 30.2 Å². The van der Waals surface area contributed by atoms with Gasteiger partial charge in [0.2, 0.25) is 0 Å². The lowest BCUT2D eigenvalue weighted by Gasteiger charge is -2.21. The number of aryl methyl sites for hydroxylation is 2. The number of amides is 1. The van der Waals surface area contributed by atoms with Gasteiger partial charge in [0, 0.05) is 11.9 Å². The normalized spacial score (nSPS) is 14.5. The summed E-state index contributed by atoms with van der Waals surface area (Å²) in [5.74, 6) is -0.412. The van der Waals surface area contributed by atoms with Crippen molar-refractivity contribution >= 4 is 34.8 Å². The molecule has 3 rings (SSSR count). The van der Waals surface area contributed by atoms with Crippen molar-refractivity contribution < 1.29 is 4.79 Å². The molecule has 1 atom stereocenters. The van der Waals surface area contributed by atoms with E-state index in [1.807, 2.05) is 13.0 Å². The first-order valence-corrected chi connectivity index (χ1v) is 10.5. The number of nitrogens with one attached hydrogen (secondary N) is 2. The minimum atomic E-state index is -0.412. The molecule has 6 heteroatoms. The van der Waals surface area contributed by atoms with E-state index >= 15 is 0 Å². The molecule has 0 bridgehead atoms. The lowest BCUT2D eigenvalue weighted by atomic mass is 9.88. The molecule has 2 aromatic carbocycles. The lowest BCUT2D eigenvalue weighted by molar-refractivity contribution is -0.117. The highest BCUT2D eigenvalue weighted by Crippen LogP contribution is 2.27. The number of nitriles is 1. The topological polar surface area (TPSA) is 64.9 Å². The third-order valence-corrected chi connectivity index (χ3v) is 5.90. The highest BCUT2D eigenvalue weighted by atomic mass is 35.5. The van der Waals surface area contributed by atoms with Crippen molar-refractivity contribution in [3.8, 4) is 6.07 Å². The quantitative estimate of drug-likeness (QED) is 0.441. The fourth-order valence-electron chi connectivity index (χ4n) is 3.52. The Morgan fingerprint density at radius 3 is 2.59 bits per heavy atom. The Bertz CT molecular complexity index is 979. The number of benzene rings is 2. The molecule has 1 aliphatic rings. The second kappa shape index (κ2) is 9.82. The van der Waals surface area contributed by atoms with Gasteiger partial charge in [0.1, 0.15) is 11.6 Å². The molecule has 0 saturated heterocycles. The van der Waals surface area contributed by atoms with Gasteiger partial charge in [0.15, 0.2) is 0 Å². The largest absolute Gasteiger partial charge is 0.360 e. The molecule has 1 unspecified atom stereocenters. The van der Waals surface area contributed by atoms with Gasteiger partial charge in [0.25, 0.3) is 5.91 Å². The fraction of sp³-hybridized carbons (Fsp3) is 0.304. The van der Waals surface area contributed by atoms with Crippen molar-refractivity contribution in [1.29, 1.82) is 5.26 Å². The van der Waals surface area contributed by atoms with Crippen LogP contribution in [0.1, 0.15) is 48.9 Å². The maximum Gasteiger partial charge on any atom is 0.263 e. The second-order valence-corrected chi connectivity index (χ2v) is 7.93. The number of fused-ring (bicyclic) bond motifs is 1. The number of carbonyl (C=O) groups is 1. The number of rotatable bonds is 6. The smallest absolute Gasteiger partial charge is 0.263 e. The number of nitrogens with zero attached hydrogens (tertiary/aromatic N) is 1. The predicted octanol–water partition coefficient (Wildman–Crippen LogP) is 5.96. The third-order valence-electron chi connectivity index (χ3n) is 5.16. The molecule has 0 spiro atoms. The van der Waals surface area contributed by atoms with Gasteiger partial charge in [0.05, 0.1) is 16.1 Å². The van der Waals surface area contributed by atoms with Crippen LogP contribution in [0.2, 0.25) is 10.0 Å². The second-order valence-electron chi connectivity index (χ2n) is 7.11. The van der Waals surface area contributed by atoms with E-state index in [4.69, 9.17) is 23.2 Å². The summed E-state index contributed by atoms with van der Waals surface area (Å²) in [5.41, 5.74) is 4.49. The van der Waals surface area contributed by atoms with Crippen molar-refractivity contribution in [2.75, 3.05) is 5.32 Å². The first-order valence-electron chi connectivity index (χ1n) is 9.76. The van der Waals surface area contributed by atoms with Crippen LogP contribution < -0.4 is 10.6 Å². The summed E-state index contributed by atoms with van der Waals surface area (Å²) in [6, 6.07) is 13.3. The van der Waals surface area contributed by atoms with E-state index < -0.39 is 5.91 Å². The van der Waals surface area contributed by atoms with E-state index in [9.17, 15) is 10.1 Å². The molecule has 2 aromatic rings. The Kier molecular flexibility index (Phi) is 7.19. The average Bonchev–Trinajstić information content (AvgIpc) is 2.74. The van der Waals surface area contributed by atoms with Crippen LogP contribution >= 0.6 is 23.2 Å². The van der Waals surface area contributed by atoms with Crippen molar-refractivity contribution in [2.24, 2.45) is 0 Å². The Morgan fingerprint density at radius 2 is 1.90 bits per heavy atom. The molecule has 0 fully saturated rings. The van der Waals surface area contributed by atoms with Gasteiger partial charge >= 0.3 is 0 Å². The Hall–Kier alpha value is -2.48. The molecule has 0 radical (unpaired) electrons. The molecule has 29 heavy (non-hydrogen) atoms. The molecular formula is C23H23Cl2N3O. The summed E-state index contributed by atoms with van der Waals surface area (Å²) in [6.45, 7) is 2.02. The highest BCUT2D eigenvalue weighted by molar-refractivity contribution is 6.42. The van der Waals surface area contributed by atoms with Crippen molar-refractivity contribution in [3.63, 3.8) is 0 Å². The SMILES string of the molecule is CCC(NC(=O)/C(C#N)=C\Nc1ccc(Cl)c(Cl)c1)c1ccc2c(c1)CCCC2. The minimum Gasteiger partial charge on any atom is -0.360 e. The highest BCUT2D eigenvalue weighted by Gasteiger charge is 2.18. The summed E-state index contributed by atoms with van der Waals surface area (Å²) in [7, 11) is 0. The van der Waals surface area contributed by atoms with Crippen LogP contribution in [0.15, 0.2) is 48.2 Å². The number of carbonyl (C=O) groups excluding carboxylic acids is 1. The zero-order valence-electron chi connectivity index (χ0n) is 16.3. The molecule has 2 N–H and O–H groups in total. The fourth-order valence-corrected chi connectivity index (χ4v) is 3.82. The molecule has 0 aliphatic heterocycles. The van der Waals surface area contributed by atoms with Crippen molar-refractivity contribution in [2.45, 2.75) is 45.1 Å². The van der Waals surface area contributed by atoms with Crippen LogP contribution in [0.25, 0.3) is 0 Å². The Balaban J connectivity index is 1.71. The standard InChI is InChI=1S/C23H23Cl2N3O/c1-2-22(17-8-7-15-5-3-4-6-16(15)11-17)28-23(29)18(13-26)14-27-19-9-10-20(24)21(25)12-19/h7-12,14,22,27H,2-6H2,1H3,(H,28,29)/b18-14-.